The molecule has 0 bridgehead atoms. The number of primary amides is 1. The first-order chi connectivity index (χ1) is 9.54. The molecular formula is C14H27N3O4. The molecule has 0 spiro atoms. The molecule has 0 heterocycles. The fourth-order valence-corrected chi connectivity index (χ4v) is 1.84. The molecule has 0 aliphatic carbocycles. The van der Waals surface area contributed by atoms with Gasteiger partial charge in [0, 0.05) is 19.5 Å². The highest BCUT2D eigenvalue weighted by Gasteiger charge is 2.25. The van der Waals surface area contributed by atoms with Crippen molar-refractivity contribution in [1.82, 2.24) is 10.6 Å². The van der Waals surface area contributed by atoms with Crippen molar-refractivity contribution in [2.24, 2.45) is 23.0 Å². The van der Waals surface area contributed by atoms with Crippen LogP contribution in [0.4, 0.5) is 4.79 Å². The summed E-state index contributed by atoms with van der Waals surface area (Å²) in [6, 6.07) is -0.427. The van der Waals surface area contributed by atoms with Gasteiger partial charge in [0.1, 0.15) is 0 Å². The topological polar surface area (TPSA) is 122 Å². The number of carboxylic acid groups (broad SMARTS) is 1. The zero-order valence-electron chi connectivity index (χ0n) is 13.2. The van der Waals surface area contributed by atoms with Gasteiger partial charge in [0.05, 0.1) is 5.41 Å². The molecule has 5 N–H and O–H groups in total. The van der Waals surface area contributed by atoms with E-state index in [1.165, 1.54) is 0 Å². The van der Waals surface area contributed by atoms with Gasteiger partial charge in [-0.25, -0.2) is 4.79 Å². The first-order valence-corrected chi connectivity index (χ1v) is 7.08. The normalized spacial score (nSPS) is 12.8. The predicted octanol–water partition coefficient (Wildman–Crippen LogP) is 0.934. The van der Waals surface area contributed by atoms with E-state index in [9.17, 15) is 14.4 Å². The number of urea groups is 1. The van der Waals surface area contributed by atoms with Crippen molar-refractivity contribution in [2.75, 3.05) is 13.1 Å². The fraction of sp³-hybridized carbons (Fsp3) is 0.786. The van der Waals surface area contributed by atoms with E-state index >= 15 is 0 Å². The maximum absolute atomic E-state index is 11.7. The Morgan fingerprint density at radius 1 is 1.19 bits per heavy atom. The molecule has 1 unspecified atom stereocenters. The van der Waals surface area contributed by atoms with E-state index in [0.717, 1.165) is 6.42 Å². The molecule has 0 aliphatic heterocycles. The second-order valence-corrected chi connectivity index (χ2v) is 6.41. The van der Waals surface area contributed by atoms with Crippen LogP contribution in [-0.2, 0) is 9.59 Å². The molecule has 3 amide bonds. The molecular weight excluding hydrogens is 274 g/mol. The van der Waals surface area contributed by atoms with Crippen LogP contribution in [0.2, 0.25) is 0 Å². The highest BCUT2D eigenvalue weighted by molar-refractivity contribution is 5.81. The Hall–Kier alpha value is -1.79. The largest absolute Gasteiger partial charge is 0.481 e. The lowest BCUT2D eigenvalue weighted by molar-refractivity contribution is -0.138. The SMILES string of the molecule is CC(C)CC(CNC(=O)NCC(C)(C)C(N)=O)CC(=O)O. The Morgan fingerprint density at radius 2 is 1.76 bits per heavy atom. The molecule has 0 radical (unpaired) electrons. The summed E-state index contributed by atoms with van der Waals surface area (Å²) >= 11 is 0. The Balaban J connectivity index is 4.24. The molecule has 0 aromatic heterocycles. The van der Waals surface area contributed by atoms with Crippen molar-refractivity contribution in [1.29, 1.82) is 0 Å². The Kier molecular flexibility index (Phi) is 7.76. The van der Waals surface area contributed by atoms with E-state index in [-0.39, 0.29) is 25.4 Å². The minimum Gasteiger partial charge on any atom is -0.481 e. The van der Waals surface area contributed by atoms with Gasteiger partial charge in [0.25, 0.3) is 0 Å². The van der Waals surface area contributed by atoms with Crippen LogP contribution < -0.4 is 16.4 Å². The van der Waals surface area contributed by atoms with Gasteiger partial charge in [-0.1, -0.05) is 13.8 Å². The van der Waals surface area contributed by atoms with Gasteiger partial charge in [0.2, 0.25) is 5.91 Å². The third kappa shape index (κ3) is 8.88. The van der Waals surface area contributed by atoms with Crippen LogP contribution in [-0.4, -0.2) is 36.1 Å². The van der Waals surface area contributed by atoms with Crippen molar-refractivity contribution in [3.63, 3.8) is 0 Å². The first-order valence-electron chi connectivity index (χ1n) is 7.08. The van der Waals surface area contributed by atoms with Gasteiger partial charge in [-0.2, -0.15) is 0 Å². The zero-order valence-corrected chi connectivity index (χ0v) is 13.2. The molecule has 0 aliphatic rings. The predicted molar refractivity (Wildman–Crippen MR) is 79.6 cm³/mol. The van der Waals surface area contributed by atoms with E-state index < -0.39 is 23.3 Å². The van der Waals surface area contributed by atoms with Crippen LogP contribution in [0.15, 0.2) is 0 Å². The van der Waals surface area contributed by atoms with Crippen LogP contribution in [0.25, 0.3) is 0 Å². The monoisotopic (exact) mass is 301 g/mol. The zero-order chi connectivity index (χ0) is 16.6. The van der Waals surface area contributed by atoms with Crippen molar-refractivity contribution in [2.45, 2.75) is 40.5 Å². The minimum absolute atomic E-state index is 0.0191. The number of rotatable bonds is 9. The molecule has 0 aromatic rings. The van der Waals surface area contributed by atoms with Crippen LogP contribution >= 0.6 is 0 Å². The summed E-state index contributed by atoms with van der Waals surface area (Å²) < 4.78 is 0. The first kappa shape index (κ1) is 19.2. The summed E-state index contributed by atoms with van der Waals surface area (Å²) in [5, 5.41) is 14.1. The van der Waals surface area contributed by atoms with Crippen LogP contribution in [0.1, 0.15) is 40.5 Å². The molecule has 0 saturated carbocycles. The van der Waals surface area contributed by atoms with Gasteiger partial charge < -0.3 is 21.5 Å². The summed E-state index contributed by atoms with van der Waals surface area (Å²) in [5.41, 5.74) is 4.39. The second-order valence-electron chi connectivity index (χ2n) is 6.41. The van der Waals surface area contributed by atoms with Gasteiger partial charge in [-0.3, -0.25) is 9.59 Å². The molecule has 7 nitrogen and oxygen atoms in total. The minimum atomic E-state index is -0.877. The summed E-state index contributed by atoms with van der Waals surface area (Å²) in [7, 11) is 0. The van der Waals surface area contributed by atoms with Crippen molar-refractivity contribution < 1.29 is 19.5 Å². The molecule has 21 heavy (non-hydrogen) atoms. The highest BCUT2D eigenvalue weighted by atomic mass is 16.4. The molecule has 7 heteroatoms. The maximum atomic E-state index is 11.7. The number of amides is 3. The third-order valence-corrected chi connectivity index (χ3v) is 3.18. The summed E-state index contributed by atoms with van der Waals surface area (Å²) in [5.74, 6) is -1.13. The van der Waals surface area contributed by atoms with Crippen LogP contribution in [0, 0.1) is 17.3 Å². The van der Waals surface area contributed by atoms with Crippen molar-refractivity contribution >= 4 is 17.9 Å². The molecule has 0 fully saturated rings. The summed E-state index contributed by atoms with van der Waals surface area (Å²) in [4.78, 5) is 33.6. The van der Waals surface area contributed by atoms with E-state index in [4.69, 9.17) is 10.8 Å². The average Bonchev–Trinajstić information content (AvgIpc) is 2.32. The standard InChI is InChI=1S/C14H27N3O4/c1-9(2)5-10(6-11(18)19)7-16-13(21)17-8-14(3,4)12(15)20/h9-10H,5-8H2,1-4H3,(H2,15,20)(H,18,19)(H2,16,17,21). The lowest BCUT2D eigenvalue weighted by Crippen LogP contribution is -2.46. The number of hydrogen-bond acceptors (Lipinski definition) is 3. The van der Waals surface area contributed by atoms with Gasteiger partial charge in [-0.05, 0) is 32.1 Å². The summed E-state index contributed by atoms with van der Waals surface area (Å²) in [6.45, 7) is 7.70. The van der Waals surface area contributed by atoms with Crippen molar-refractivity contribution in [3.8, 4) is 0 Å². The van der Waals surface area contributed by atoms with Crippen LogP contribution in [0.3, 0.4) is 0 Å². The Morgan fingerprint density at radius 3 is 2.19 bits per heavy atom. The summed E-state index contributed by atoms with van der Waals surface area (Å²) in [6.07, 6.45) is 0.741. The number of aliphatic carboxylic acids is 1. The quantitative estimate of drug-likeness (QED) is 0.506. The smallest absolute Gasteiger partial charge is 0.314 e. The molecule has 1 atom stereocenters. The van der Waals surface area contributed by atoms with Gasteiger partial charge in [-0.15, -0.1) is 0 Å². The van der Waals surface area contributed by atoms with Crippen molar-refractivity contribution in [3.05, 3.63) is 0 Å². The third-order valence-electron chi connectivity index (χ3n) is 3.18. The molecule has 0 rings (SSSR count). The van der Waals surface area contributed by atoms with Gasteiger partial charge in [0.15, 0.2) is 0 Å². The highest BCUT2D eigenvalue weighted by Crippen LogP contribution is 2.15. The number of carbonyl (C=O) groups excluding carboxylic acids is 2. The Bertz CT molecular complexity index is 380. The number of nitrogens with one attached hydrogen (secondary N) is 2. The second kappa shape index (κ2) is 8.49. The van der Waals surface area contributed by atoms with Gasteiger partial charge >= 0.3 is 12.0 Å². The number of carbonyl (C=O) groups is 3. The maximum Gasteiger partial charge on any atom is 0.314 e. The number of hydrogen-bond donors (Lipinski definition) is 4. The number of nitrogens with two attached hydrogens (primary N) is 1. The molecule has 0 aromatic carbocycles. The van der Waals surface area contributed by atoms with Crippen LogP contribution in [0.5, 0.6) is 0 Å². The Labute approximate surface area is 125 Å². The number of carboxylic acids is 1. The van der Waals surface area contributed by atoms with E-state index in [1.807, 2.05) is 13.8 Å². The average molecular weight is 301 g/mol. The fourth-order valence-electron chi connectivity index (χ4n) is 1.84. The lowest BCUT2D eigenvalue weighted by atomic mass is 9.93. The molecule has 0 saturated heterocycles. The lowest BCUT2D eigenvalue weighted by Gasteiger charge is -2.22. The van der Waals surface area contributed by atoms with E-state index in [2.05, 4.69) is 10.6 Å². The molecule has 122 valence electrons. The van der Waals surface area contributed by atoms with E-state index in [0.29, 0.717) is 5.92 Å². The van der Waals surface area contributed by atoms with E-state index in [1.54, 1.807) is 13.8 Å².